The van der Waals surface area contributed by atoms with Crippen LogP contribution in [0.4, 0.5) is 5.95 Å². The largest absolute Gasteiger partial charge is 0.379 e. The van der Waals surface area contributed by atoms with E-state index in [1.165, 1.54) is 0 Å². The summed E-state index contributed by atoms with van der Waals surface area (Å²) >= 11 is 0. The molecule has 0 N–H and O–H groups in total. The summed E-state index contributed by atoms with van der Waals surface area (Å²) in [6.07, 6.45) is 5.13. The fourth-order valence-electron chi connectivity index (χ4n) is 3.98. The standard InChI is InChI=1S/C16H23N5O2/c22-15-12-14-13(2-5-21(14)16-17-3-1-4-18-16)20(15)7-6-19-8-10-23-11-9-19/h1,3-4,13-14H,2,5-12H2/t13-,14+/m0/s1. The van der Waals surface area contributed by atoms with Gasteiger partial charge in [-0.25, -0.2) is 9.97 Å². The molecule has 0 radical (unpaired) electrons. The van der Waals surface area contributed by atoms with Crippen molar-refractivity contribution in [1.29, 1.82) is 0 Å². The predicted octanol–water partition coefficient (Wildman–Crippen LogP) is -0.0116. The number of hydrogen-bond acceptors (Lipinski definition) is 6. The summed E-state index contributed by atoms with van der Waals surface area (Å²) in [5.74, 6) is 1.02. The predicted molar refractivity (Wildman–Crippen MR) is 85.2 cm³/mol. The summed E-state index contributed by atoms with van der Waals surface area (Å²) in [4.78, 5) is 27.8. The van der Waals surface area contributed by atoms with E-state index in [1.807, 2.05) is 6.07 Å². The molecule has 0 unspecified atom stereocenters. The fourth-order valence-corrected chi connectivity index (χ4v) is 3.98. The third kappa shape index (κ3) is 2.90. The highest BCUT2D eigenvalue weighted by Gasteiger charge is 2.47. The van der Waals surface area contributed by atoms with Gasteiger partial charge in [-0.15, -0.1) is 0 Å². The molecular formula is C16H23N5O2. The number of nitrogens with zero attached hydrogens (tertiary/aromatic N) is 5. The molecule has 124 valence electrons. The second kappa shape index (κ2) is 6.41. The lowest BCUT2D eigenvalue weighted by Gasteiger charge is -2.30. The minimum Gasteiger partial charge on any atom is -0.379 e. The number of carbonyl (C=O) groups is 1. The van der Waals surface area contributed by atoms with Crippen LogP contribution in [0.15, 0.2) is 18.5 Å². The minimum absolute atomic E-state index is 0.231. The van der Waals surface area contributed by atoms with Crippen LogP contribution in [0.3, 0.4) is 0 Å². The van der Waals surface area contributed by atoms with Crippen LogP contribution >= 0.6 is 0 Å². The lowest BCUT2D eigenvalue weighted by molar-refractivity contribution is -0.129. The van der Waals surface area contributed by atoms with E-state index >= 15 is 0 Å². The van der Waals surface area contributed by atoms with Gasteiger partial charge in [0.1, 0.15) is 0 Å². The molecule has 1 aromatic heterocycles. The van der Waals surface area contributed by atoms with Crippen molar-refractivity contribution in [1.82, 2.24) is 19.8 Å². The Morgan fingerprint density at radius 2 is 1.87 bits per heavy atom. The Balaban J connectivity index is 1.40. The normalized spacial score (nSPS) is 28.4. The quantitative estimate of drug-likeness (QED) is 0.778. The Hall–Kier alpha value is -1.73. The number of fused-ring (bicyclic) bond motifs is 1. The van der Waals surface area contributed by atoms with Crippen LogP contribution in [0.5, 0.6) is 0 Å². The molecule has 3 aliphatic rings. The number of rotatable bonds is 4. The van der Waals surface area contributed by atoms with Gasteiger partial charge in [0, 0.05) is 51.5 Å². The van der Waals surface area contributed by atoms with Crippen molar-refractivity contribution in [2.75, 3.05) is 50.8 Å². The maximum Gasteiger partial charge on any atom is 0.225 e. The molecule has 3 aliphatic heterocycles. The lowest BCUT2D eigenvalue weighted by atomic mass is 10.1. The third-order valence-electron chi connectivity index (χ3n) is 5.18. The SMILES string of the molecule is O=C1C[C@@H]2[C@H](CCN2c2ncccn2)N1CCN1CCOCC1. The zero-order chi connectivity index (χ0) is 15.6. The van der Waals surface area contributed by atoms with E-state index in [-0.39, 0.29) is 11.9 Å². The molecule has 7 nitrogen and oxygen atoms in total. The molecule has 3 saturated heterocycles. The molecule has 7 heteroatoms. The molecule has 0 saturated carbocycles. The van der Waals surface area contributed by atoms with Crippen LogP contribution < -0.4 is 4.90 Å². The molecule has 0 aromatic carbocycles. The van der Waals surface area contributed by atoms with Crippen molar-refractivity contribution < 1.29 is 9.53 Å². The van der Waals surface area contributed by atoms with E-state index in [1.54, 1.807) is 12.4 Å². The molecule has 0 aliphatic carbocycles. The zero-order valence-corrected chi connectivity index (χ0v) is 13.3. The Kier molecular flexibility index (Phi) is 4.13. The van der Waals surface area contributed by atoms with Crippen molar-refractivity contribution in [3.8, 4) is 0 Å². The number of likely N-dealkylation sites (tertiary alicyclic amines) is 1. The molecule has 23 heavy (non-hydrogen) atoms. The highest BCUT2D eigenvalue weighted by atomic mass is 16.5. The van der Waals surface area contributed by atoms with Crippen LogP contribution in [0, 0.1) is 0 Å². The zero-order valence-electron chi connectivity index (χ0n) is 13.3. The van der Waals surface area contributed by atoms with E-state index in [9.17, 15) is 4.79 Å². The monoisotopic (exact) mass is 317 g/mol. The van der Waals surface area contributed by atoms with Crippen molar-refractivity contribution in [3.63, 3.8) is 0 Å². The first-order valence-corrected chi connectivity index (χ1v) is 8.46. The smallest absolute Gasteiger partial charge is 0.225 e. The molecule has 4 rings (SSSR count). The Labute approximate surface area is 136 Å². The van der Waals surface area contributed by atoms with E-state index in [0.717, 1.165) is 58.3 Å². The van der Waals surface area contributed by atoms with Gasteiger partial charge in [0.15, 0.2) is 0 Å². The van der Waals surface area contributed by atoms with Crippen LogP contribution in [-0.4, -0.2) is 83.7 Å². The van der Waals surface area contributed by atoms with Crippen molar-refractivity contribution in [2.24, 2.45) is 0 Å². The van der Waals surface area contributed by atoms with Crippen LogP contribution in [-0.2, 0) is 9.53 Å². The maximum absolute atomic E-state index is 12.5. The molecule has 3 fully saturated rings. The highest BCUT2D eigenvalue weighted by Crippen LogP contribution is 2.34. The molecule has 1 aromatic rings. The second-order valence-corrected chi connectivity index (χ2v) is 6.41. The van der Waals surface area contributed by atoms with Crippen LogP contribution in [0.2, 0.25) is 0 Å². The Bertz CT molecular complexity index is 549. The fraction of sp³-hybridized carbons (Fsp3) is 0.688. The summed E-state index contributed by atoms with van der Waals surface area (Å²) in [7, 11) is 0. The van der Waals surface area contributed by atoms with E-state index < -0.39 is 0 Å². The lowest BCUT2D eigenvalue weighted by Crippen LogP contribution is -2.44. The van der Waals surface area contributed by atoms with Crippen molar-refractivity contribution in [3.05, 3.63) is 18.5 Å². The summed E-state index contributed by atoms with van der Waals surface area (Å²) in [6, 6.07) is 2.37. The first-order valence-electron chi connectivity index (χ1n) is 8.46. The van der Waals surface area contributed by atoms with Crippen molar-refractivity contribution in [2.45, 2.75) is 24.9 Å². The number of aromatic nitrogens is 2. The molecule has 1 amide bonds. The van der Waals surface area contributed by atoms with Gasteiger partial charge >= 0.3 is 0 Å². The molecule has 4 heterocycles. The number of morpholine rings is 1. The van der Waals surface area contributed by atoms with Gasteiger partial charge < -0.3 is 14.5 Å². The number of carbonyl (C=O) groups excluding carboxylic acids is 1. The Morgan fingerprint density at radius 1 is 1.09 bits per heavy atom. The Morgan fingerprint density at radius 3 is 2.65 bits per heavy atom. The van der Waals surface area contributed by atoms with E-state index in [2.05, 4.69) is 24.7 Å². The van der Waals surface area contributed by atoms with Gasteiger partial charge in [0.2, 0.25) is 11.9 Å². The first-order chi connectivity index (χ1) is 11.3. The molecule has 0 spiro atoms. The highest BCUT2D eigenvalue weighted by molar-refractivity contribution is 5.81. The average molecular weight is 317 g/mol. The van der Waals surface area contributed by atoms with Gasteiger partial charge in [-0.3, -0.25) is 9.69 Å². The van der Waals surface area contributed by atoms with E-state index in [4.69, 9.17) is 4.74 Å². The molecular weight excluding hydrogens is 294 g/mol. The van der Waals surface area contributed by atoms with Gasteiger partial charge in [-0.05, 0) is 12.5 Å². The van der Waals surface area contributed by atoms with Gasteiger partial charge in [0.25, 0.3) is 0 Å². The third-order valence-corrected chi connectivity index (χ3v) is 5.18. The van der Waals surface area contributed by atoms with Gasteiger partial charge in [0.05, 0.1) is 25.3 Å². The van der Waals surface area contributed by atoms with E-state index in [0.29, 0.717) is 12.5 Å². The van der Waals surface area contributed by atoms with Crippen molar-refractivity contribution >= 4 is 11.9 Å². The average Bonchev–Trinajstić information content (AvgIpc) is 3.13. The first kappa shape index (κ1) is 14.8. The topological polar surface area (TPSA) is 61.8 Å². The maximum atomic E-state index is 12.5. The second-order valence-electron chi connectivity index (χ2n) is 6.41. The summed E-state index contributed by atoms with van der Waals surface area (Å²) in [5, 5.41) is 0. The van der Waals surface area contributed by atoms with Gasteiger partial charge in [-0.1, -0.05) is 0 Å². The van der Waals surface area contributed by atoms with Gasteiger partial charge in [-0.2, -0.15) is 0 Å². The van der Waals surface area contributed by atoms with Crippen LogP contribution in [0.1, 0.15) is 12.8 Å². The summed E-state index contributed by atoms with van der Waals surface area (Å²) < 4.78 is 5.38. The molecule has 2 atom stereocenters. The summed E-state index contributed by atoms with van der Waals surface area (Å²) in [6.45, 7) is 6.25. The molecule has 0 bridgehead atoms. The number of anilines is 1. The minimum atomic E-state index is 0.231. The number of ether oxygens (including phenoxy) is 1. The summed E-state index contributed by atoms with van der Waals surface area (Å²) in [5.41, 5.74) is 0. The number of amides is 1. The van der Waals surface area contributed by atoms with Crippen LogP contribution in [0.25, 0.3) is 0 Å². The number of hydrogen-bond donors (Lipinski definition) is 0.